The maximum atomic E-state index is 11.0. The minimum Gasteiger partial charge on any atom is -0.390 e. The molecule has 4 N–H and O–H groups in total. The second-order valence-electron chi connectivity index (χ2n) is 5.94. The fraction of sp³-hybridized carbons (Fsp3) is 0.600. The van der Waals surface area contributed by atoms with Gasteiger partial charge < -0.3 is 21.1 Å². The second kappa shape index (κ2) is 7.76. The first-order chi connectivity index (χ1) is 10.5. The fourth-order valence-corrected chi connectivity index (χ4v) is 2.76. The standard InChI is InChI=1S/C15H23ClN4O2/c1-10-2-4-20(5-3-10)9-12(21)8-19-15-13(16)6-11(7-18-15)14(17)22/h6-7,10,12,21H,2-5,8-9H2,1H3,(H2,17,22)(H,18,19). The maximum Gasteiger partial charge on any atom is 0.250 e. The minimum atomic E-state index is -0.569. The molecule has 0 aliphatic carbocycles. The molecule has 0 aromatic carbocycles. The highest BCUT2D eigenvalue weighted by Gasteiger charge is 2.18. The molecule has 1 aromatic heterocycles. The van der Waals surface area contributed by atoms with Gasteiger partial charge in [-0.2, -0.15) is 0 Å². The van der Waals surface area contributed by atoms with Crippen molar-refractivity contribution in [1.29, 1.82) is 0 Å². The van der Waals surface area contributed by atoms with Crippen LogP contribution >= 0.6 is 11.6 Å². The molecule has 7 heteroatoms. The summed E-state index contributed by atoms with van der Waals surface area (Å²) in [6.45, 7) is 5.32. The molecule has 1 aliphatic rings. The molecule has 1 unspecified atom stereocenters. The zero-order chi connectivity index (χ0) is 16.1. The van der Waals surface area contributed by atoms with Crippen LogP contribution in [0.5, 0.6) is 0 Å². The topological polar surface area (TPSA) is 91.5 Å². The van der Waals surface area contributed by atoms with E-state index >= 15 is 0 Å². The maximum absolute atomic E-state index is 11.0. The Labute approximate surface area is 135 Å². The predicted octanol–water partition coefficient (Wildman–Crippen LogP) is 1.34. The van der Waals surface area contributed by atoms with E-state index in [2.05, 4.69) is 22.1 Å². The van der Waals surface area contributed by atoms with Crippen molar-refractivity contribution in [2.45, 2.75) is 25.9 Å². The fourth-order valence-electron chi connectivity index (χ4n) is 2.52. The van der Waals surface area contributed by atoms with Crippen LogP contribution in [0.2, 0.25) is 5.02 Å². The number of hydrogen-bond acceptors (Lipinski definition) is 5. The van der Waals surface area contributed by atoms with Crippen LogP contribution < -0.4 is 11.1 Å². The van der Waals surface area contributed by atoms with E-state index in [1.807, 2.05) is 0 Å². The molecule has 122 valence electrons. The van der Waals surface area contributed by atoms with Crippen molar-refractivity contribution in [1.82, 2.24) is 9.88 Å². The number of rotatable bonds is 6. The van der Waals surface area contributed by atoms with Crippen molar-refractivity contribution in [2.75, 3.05) is 31.5 Å². The molecule has 2 heterocycles. The summed E-state index contributed by atoms with van der Waals surface area (Å²) >= 11 is 6.04. The van der Waals surface area contributed by atoms with Crippen LogP contribution in [0, 0.1) is 5.92 Å². The van der Waals surface area contributed by atoms with Gasteiger partial charge in [0, 0.05) is 19.3 Å². The molecule has 0 bridgehead atoms. The number of aromatic nitrogens is 1. The average molecular weight is 327 g/mol. The summed E-state index contributed by atoms with van der Waals surface area (Å²) in [5, 5.41) is 13.4. The number of anilines is 1. The molecule has 1 saturated heterocycles. The number of halogens is 1. The van der Waals surface area contributed by atoms with Crippen molar-refractivity contribution in [3.8, 4) is 0 Å². The number of carbonyl (C=O) groups is 1. The van der Waals surface area contributed by atoms with Crippen molar-refractivity contribution in [2.24, 2.45) is 11.7 Å². The Bertz CT molecular complexity index is 518. The second-order valence-corrected chi connectivity index (χ2v) is 6.34. The third-order valence-electron chi connectivity index (χ3n) is 3.98. The van der Waals surface area contributed by atoms with E-state index in [0.29, 0.717) is 23.9 Å². The number of aliphatic hydroxyl groups is 1. The molecule has 2 rings (SSSR count). The van der Waals surface area contributed by atoms with Gasteiger partial charge in [0.2, 0.25) is 5.91 Å². The Morgan fingerprint density at radius 1 is 1.59 bits per heavy atom. The summed E-state index contributed by atoms with van der Waals surface area (Å²) in [6, 6.07) is 1.47. The van der Waals surface area contributed by atoms with E-state index in [-0.39, 0.29) is 5.56 Å². The highest BCUT2D eigenvalue weighted by Crippen LogP contribution is 2.20. The van der Waals surface area contributed by atoms with Gasteiger partial charge in [-0.05, 0) is 37.9 Å². The number of aliphatic hydroxyl groups excluding tert-OH is 1. The molecule has 1 aliphatic heterocycles. The van der Waals surface area contributed by atoms with Crippen molar-refractivity contribution in [3.05, 3.63) is 22.8 Å². The summed E-state index contributed by atoms with van der Waals surface area (Å²) < 4.78 is 0. The summed E-state index contributed by atoms with van der Waals surface area (Å²) in [4.78, 5) is 17.4. The largest absolute Gasteiger partial charge is 0.390 e. The number of hydrogen-bond donors (Lipinski definition) is 3. The smallest absolute Gasteiger partial charge is 0.250 e. The van der Waals surface area contributed by atoms with Crippen LogP contribution in [0.4, 0.5) is 5.82 Å². The van der Waals surface area contributed by atoms with Gasteiger partial charge in [-0.25, -0.2) is 4.98 Å². The first kappa shape index (κ1) is 17.0. The predicted molar refractivity (Wildman–Crippen MR) is 87.1 cm³/mol. The van der Waals surface area contributed by atoms with Gasteiger partial charge in [0.15, 0.2) is 0 Å². The minimum absolute atomic E-state index is 0.263. The summed E-state index contributed by atoms with van der Waals surface area (Å²) in [5.74, 6) is 0.650. The van der Waals surface area contributed by atoms with Gasteiger partial charge in [-0.1, -0.05) is 18.5 Å². The Balaban J connectivity index is 1.81. The molecule has 1 atom stereocenters. The lowest BCUT2D eigenvalue weighted by Gasteiger charge is -2.31. The number of β-amino-alcohol motifs (C(OH)–C–C–N with tert-alkyl or cyclic N) is 1. The Morgan fingerprint density at radius 3 is 2.86 bits per heavy atom. The molecule has 1 amide bonds. The number of amides is 1. The lowest BCUT2D eigenvalue weighted by Crippen LogP contribution is -2.40. The van der Waals surface area contributed by atoms with Gasteiger partial charge in [0.05, 0.1) is 16.7 Å². The SMILES string of the molecule is CC1CCN(CC(O)CNc2ncc(C(N)=O)cc2Cl)CC1. The van der Waals surface area contributed by atoms with Gasteiger partial charge in [-0.3, -0.25) is 4.79 Å². The zero-order valence-corrected chi connectivity index (χ0v) is 13.5. The summed E-state index contributed by atoms with van der Waals surface area (Å²) in [5.41, 5.74) is 5.43. The Kier molecular flexibility index (Phi) is 5.99. The normalized spacial score (nSPS) is 18.1. The molecule has 0 spiro atoms. The molecule has 1 aromatic rings. The van der Waals surface area contributed by atoms with E-state index in [1.54, 1.807) is 0 Å². The van der Waals surface area contributed by atoms with Crippen LogP contribution in [-0.4, -0.2) is 53.2 Å². The molecular formula is C15H23ClN4O2. The van der Waals surface area contributed by atoms with Crippen molar-refractivity contribution >= 4 is 23.3 Å². The number of nitrogens with two attached hydrogens (primary N) is 1. The third kappa shape index (κ3) is 4.83. The molecular weight excluding hydrogens is 304 g/mol. The van der Waals surface area contributed by atoms with E-state index in [4.69, 9.17) is 17.3 Å². The van der Waals surface area contributed by atoms with E-state index in [9.17, 15) is 9.90 Å². The quantitative estimate of drug-likeness (QED) is 0.733. The number of carbonyl (C=O) groups excluding carboxylic acids is 1. The first-order valence-electron chi connectivity index (χ1n) is 7.55. The lowest BCUT2D eigenvalue weighted by atomic mass is 9.99. The van der Waals surface area contributed by atoms with E-state index in [0.717, 1.165) is 19.0 Å². The number of piperidine rings is 1. The average Bonchev–Trinajstić information content (AvgIpc) is 2.48. The lowest BCUT2D eigenvalue weighted by molar-refractivity contribution is 0.0988. The number of nitrogens with one attached hydrogen (secondary N) is 1. The molecule has 0 saturated carbocycles. The Hall–Kier alpha value is -1.37. The Morgan fingerprint density at radius 2 is 2.27 bits per heavy atom. The van der Waals surface area contributed by atoms with Crippen LogP contribution in [-0.2, 0) is 0 Å². The number of nitrogens with zero attached hydrogens (tertiary/aromatic N) is 2. The number of pyridine rings is 1. The van der Waals surface area contributed by atoms with Crippen molar-refractivity contribution < 1.29 is 9.90 Å². The van der Waals surface area contributed by atoms with Crippen LogP contribution in [0.25, 0.3) is 0 Å². The summed E-state index contributed by atoms with van der Waals surface area (Å²) in [7, 11) is 0. The number of likely N-dealkylation sites (tertiary alicyclic amines) is 1. The highest BCUT2D eigenvalue weighted by atomic mass is 35.5. The molecule has 22 heavy (non-hydrogen) atoms. The number of primary amides is 1. The van der Waals surface area contributed by atoms with Gasteiger partial charge >= 0.3 is 0 Å². The van der Waals surface area contributed by atoms with Crippen LogP contribution in [0.15, 0.2) is 12.3 Å². The van der Waals surface area contributed by atoms with Crippen molar-refractivity contribution in [3.63, 3.8) is 0 Å². The monoisotopic (exact) mass is 326 g/mol. The zero-order valence-electron chi connectivity index (χ0n) is 12.8. The van der Waals surface area contributed by atoms with Crippen LogP contribution in [0.1, 0.15) is 30.1 Å². The summed E-state index contributed by atoms with van der Waals surface area (Å²) in [6.07, 6.45) is 3.24. The van der Waals surface area contributed by atoms with Crippen LogP contribution in [0.3, 0.4) is 0 Å². The third-order valence-corrected chi connectivity index (χ3v) is 4.26. The first-order valence-corrected chi connectivity index (χ1v) is 7.93. The highest BCUT2D eigenvalue weighted by molar-refractivity contribution is 6.33. The van der Waals surface area contributed by atoms with E-state index < -0.39 is 12.0 Å². The van der Waals surface area contributed by atoms with Gasteiger partial charge in [0.1, 0.15) is 5.82 Å². The van der Waals surface area contributed by atoms with E-state index in [1.165, 1.54) is 25.1 Å². The van der Waals surface area contributed by atoms with Gasteiger partial charge in [-0.15, -0.1) is 0 Å². The molecule has 0 radical (unpaired) electrons. The molecule has 6 nitrogen and oxygen atoms in total. The van der Waals surface area contributed by atoms with Gasteiger partial charge in [0.25, 0.3) is 0 Å². The molecule has 1 fully saturated rings.